The minimum atomic E-state index is 0.307. The second kappa shape index (κ2) is 2.87. The molecule has 3 rings (SSSR count). The molecule has 0 bridgehead atoms. The van der Waals surface area contributed by atoms with Crippen LogP contribution in [-0.4, -0.2) is 23.6 Å². The van der Waals surface area contributed by atoms with E-state index in [9.17, 15) is 5.21 Å². The SMILES string of the molecule is ON1CCc2cc3c(cc2C1)OCO3. The molecule has 0 unspecified atom stereocenters. The maximum Gasteiger partial charge on any atom is 0.231 e. The highest BCUT2D eigenvalue weighted by Gasteiger charge is 2.21. The van der Waals surface area contributed by atoms with E-state index in [2.05, 4.69) is 0 Å². The third-order valence-corrected chi connectivity index (χ3v) is 2.69. The Hall–Kier alpha value is -1.26. The zero-order valence-electron chi connectivity index (χ0n) is 7.69. The summed E-state index contributed by atoms with van der Waals surface area (Å²) in [5.41, 5.74) is 2.38. The average Bonchev–Trinajstić information content (AvgIpc) is 2.61. The van der Waals surface area contributed by atoms with Gasteiger partial charge in [0.1, 0.15) is 0 Å². The largest absolute Gasteiger partial charge is 0.454 e. The molecule has 0 aromatic heterocycles. The summed E-state index contributed by atoms with van der Waals surface area (Å²) < 4.78 is 10.6. The first kappa shape index (κ1) is 8.08. The van der Waals surface area contributed by atoms with Crippen molar-refractivity contribution in [3.8, 4) is 11.5 Å². The van der Waals surface area contributed by atoms with Crippen LogP contribution < -0.4 is 9.47 Å². The minimum Gasteiger partial charge on any atom is -0.454 e. The second-order valence-corrected chi connectivity index (χ2v) is 3.61. The highest BCUT2D eigenvalue weighted by molar-refractivity contribution is 5.49. The van der Waals surface area contributed by atoms with Gasteiger partial charge in [-0.15, -0.1) is 0 Å². The van der Waals surface area contributed by atoms with Crippen molar-refractivity contribution in [3.63, 3.8) is 0 Å². The number of nitrogens with zero attached hydrogens (tertiary/aromatic N) is 1. The van der Waals surface area contributed by atoms with Crippen LogP contribution in [0.15, 0.2) is 12.1 Å². The van der Waals surface area contributed by atoms with Crippen molar-refractivity contribution in [1.29, 1.82) is 0 Å². The molecule has 0 spiro atoms. The molecule has 0 saturated heterocycles. The van der Waals surface area contributed by atoms with Crippen LogP contribution in [0.5, 0.6) is 11.5 Å². The Balaban J connectivity index is 2.06. The fraction of sp³-hybridized carbons (Fsp3) is 0.400. The number of rotatable bonds is 0. The van der Waals surface area contributed by atoms with E-state index in [1.807, 2.05) is 12.1 Å². The molecule has 0 saturated carbocycles. The molecule has 0 atom stereocenters. The molecule has 0 amide bonds. The number of ether oxygens (including phenoxy) is 2. The summed E-state index contributed by atoms with van der Waals surface area (Å²) >= 11 is 0. The Bertz CT molecular complexity index is 378. The van der Waals surface area contributed by atoms with Gasteiger partial charge in [0.25, 0.3) is 0 Å². The zero-order chi connectivity index (χ0) is 9.54. The third-order valence-electron chi connectivity index (χ3n) is 2.69. The molecule has 0 radical (unpaired) electrons. The Morgan fingerprint density at radius 1 is 1.14 bits per heavy atom. The molecule has 1 aromatic carbocycles. The van der Waals surface area contributed by atoms with Crippen molar-refractivity contribution in [2.45, 2.75) is 13.0 Å². The van der Waals surface area contributed by atoms with Crippen LogP contribution in [-0.2, 0) is 13.0 Å². The fourth-order valence-electron chi connectivity index (χ4n) is 1.93. The van der Waals surface area contributed by atoms with Gasteiger partial charge in [-0.05, 0) is 29.7 Å². The Morgan fingerprint density at radius 2 is 1.86 bits per heavy atom. The molecule has 14 heavy (non-hydrogen) atoms. The highest BCUT2D eigenvalue weighted by atomic mass is 16.7. The van der Waals surface area contributed by atoms with Gasteiger partial charge in [-0.2, -0.15) is 5.06 Å². The van der Waals surface area contributed by atoms with E-state index >= 15 is 0 Å². The van der Waals surface area contributed by atoms with Gasteiger partial charge in [0, 0.05) is 13.1 Å². The molecular formula is C10H11NO3. The van der Waals surface area contributed by atoms with Crippen molar-refractivity contribution >= 4 is 0 Å². The first-order valence-electron chi connectivity index (χ1n) is 4.68. The van der Waals surface area contributed by atoms with Crippen molar-refractivity contribution in [3.05, 3.63) is 23.3 Å². The van der Waals surface area contributed by atoms with Gasteiger partial charge in [-0.3, -0.25) is 0 Å². The summed E-state index contributed by atoms with van der Waals surface area (Å²) in [5.74, 6) is 1.62. The van der Waals surface area contributed by atoms with Crippen LogP contribution in [0, 0.1) is 0 Å². The van der Waals surface area contributed by atoms with Gasteiger partial charge in [0.2, 0.25) is 6.79 Å². The first-order chi connectivity index (χ1) is 6.83. The normalized spacial score (nSPS) is 19.5. The van der Waals surface area contributed by atoms with E-state index in [1.54, 1.807) is 0 Å². The maximum atomic E-state index is 9.37. The quantitative estimate of drug-likeness (QED) is 0.671. The van der Waals surface area contributed by atoms with Gasteiger partial charge in [-0.1, -0.05) is 0 Å². The van der Waals surface area contributed by atoms with Crippen molar-refractivity contribution < 1.29 is 14.7 Å². The maximum absolute atomic E-state index is 9.37. The number of hydrogen-bond acceptors (Lipinski definition) is 4. The van der Waals surface area contributed by atoms with Gasteiger partial charge in [-0.25, -0.2) is 0 Å². The fourth-order valence-corrected chi connectivity index (χ4v) is 1.93. The molecule has 4 nitrogen and oxygen atoms in total. The number of hydrogen-bond donors (Lipinski definition) is 1. The van der Waals surface area contributed by atoms with Gasteiger partial charge in [0.05, 0.1) is 0 Å². The Kier molecular flexibility index (Phi) is 1.65. The molecule has 2 aliphatic heterocycles. The van der Waals surface area contributed by atoms with E-state index in [-0.39, 0.29) is 0 Å². The number of hydroxylamine groups is 2. The van der Waals surface area contributed by atoms with Crippen LogP contribution >= 0.6 is 0 Å². The second-order valence-electron chi connectivity index (χ2n) is 3.61. The molecule has 2 heterocycles. The molecule has 74 valence electrons. The van der Waals surface area contributed by atoms with Crippen LogP contribution in [0.25, 0.3) is 0 Å². The van der Waals surface area contributed by atoms with E-state index in [4.69, 9.17) is 9.47 Å². The van der Waals surface area contributed by atoms with Gasteiger partial charge >= 0.3 is 0 Å². The monoisotopic (exact) mass is 193 g/mol. The lowest BCUT2D eigenvalue weighted by atomic mass is 10.0. The standard InChI is InChI=1S/C10H11NO3/c12-11-2-1-7-3-9-10(14-6-13-9)4-8(7)5-11/h3-4,12H,1-2,5-6H2. The molecule has 2 aliphatic rings. The van der Waals surface area contributed by atoms with E-state index in [1.165, 1.54) is 10.6 Å². The van der Waals surface area contributed by atoms with Crippen molar-refractivity contribution in [2.24, 2.45) is 0 Å². The molecule has 1 aromatic rings. The van der Waals surface area contributed by atoms with Crippen LogP contribution in [0.1, 0.15) is 11.1 Å². The van der Waals surface area contributed by atoms with Gasteiger partial charge < -0.3 is 14.7 Å². The summed E-state index contributed by atoms with van der Waals surface area (Å²) in [7, 11) is 0. The molecule has 4 heteroatoms. The van der Waals surface area contributed by atoms with Gasteiger partial charge in [0.15, 0.2) is 11.5 Å². The van der Waals surface area contributed by atoms with Crippen LogP contribution in [0.2, 0.25) is 0 Å². The third kappa shape index (κ3) is 1.15. The minimum absolute atomic E-state index is 0.307. The lowest BCUT2D eigenvalue weighted by molar-refractivity contribution is -0.103. The van der Waals surface area contributed by atoms with Crippen LogP contribution in [0.4, 0.5) is 0 Å². The molecular weight excluding hydrogens is 182 g/mol. The number of benzene rings is 1. The topological polar surface area (TPSA) is 41.9 Å². The van der Waals surface area contributed by atoms with Crippen molar-refractivity contribution in [2.75, 3.05) is 13.3 Å². The van der Waals surface area contributed by atoms with Crippen molar-refractivity contribution in [1.82, 2.24) is 5.06 Å². The Labute approximate surface area is 81.6 Å². The first-order valence-corrected chi connectivity index (χ1v) is 4.68. The zero-order valence-corrected chi connectivity index (χ0v) is 7.69. The van der Waals surface area contributed by atoms with E-state index in [0.29, 0.717) is 19.9 Å². The lowest BCUT2D eigenvalue weighted by Gasteiger charge is -2.23. The molecule has 0 fully saturated rings. The predicted molar refractivity (Wildman–Crippen MR) is 48.5 cm³/mol. The summed E-state index contributed by atoms with van der Waals surface area (Å²) in [5, 5.41) is 10.7. The summed E-state index contributed by atoms with van der Waals surface area (Å²) in [6.45, 7) is 1.57. The highest BCUT2D eigenvalue weighted by Crippen LogP contribution is 2.36. The molecule has 1 N–H and O–H groups in total. The summed E-state index contributed by atoms with van der Waals surface area (Å²) in [4.78, 5) is 0. The van der Waals surface area contributed by atoms with Crippen LogP contribution in [0.3, 0.4) is 0 Å². The summed E-state index contributed by atoms with van der Waals surface area (Å²) in [6, 6.07) is 3.98. The smallest absolute Gasteiger partial charge is 0.231 e. The Morgan fingerprint density at radius 3 is 2.64 bits per heavy atom. The summed E-state index contributed by atoms with van der Waals surface area (Å²) in [6.07, 6.45) is 0.864. The molecule has 0 aliphatic carbocycles. The lowest BCUT2D eigenvalue weighted by Crippen LogP contribution is -2.26. The van der Waals surface area contributed by atoms with E-state index < -0.39 is 0 Å². The van der Waals surface area contributed by atoms with E-state index in [0.717, 1.165) is 23.5 Å². The number of fused-ring (bicyclic) bond motifs is 2. The predicted octanol–water partition coefficient (Wildman–Crippen LogP) is 1.16. The average molecular weight is 193 g/mol.